The van der Waals surface area contributed by atoms with E-state index in [-0.39, 0.29) is 24.8 Å². The number of nitrogens with one attached hydrogen (secondary N) is 1. The molecule has 2 aromatic carbocycles. The highest BCUT2D eigenvalue weighted by Crippen LogP contribution is 2.32. The molecule has 7 heteroatoms. The first-order valence-electron chi connectivity index (χ1n) is 10.1. The summed E-state index contributed by atoms with van der Waals surface area (Å²) in [4.78, 5) is 31.9. The Bertz CT molecular complexity index is 931. The fourth-order valence-corrected chi connectivity index (χ4v) is 4.43. The molecule has 30 heavy (non-hydrogen) atoms. The minimum Gasteiger partial charge on any atom is -0.396 e. The van der Waals surface area contributed by atoms with Gasteiger partial charge in [-0.15, -0.1) is 0 Å². The first kappa shape index (κ1) is 22.1. The Morgan fingerprint density at radius 1 is 1.17 bits per heavy atom. The highest BCUT2D eigenvalue weighted by atomic mass is 32.2. The van der Waals surface area contributed by atoms with Crippen LogP contribution in [-0.4, -0.2) is 45.4 Å². The van der Waals surface area contributed by atoms with Crippen molar-refractivity contribution in [2.75, 3.05) is 18.5 Å². The maximum absolute atomic E-state index is 13.0. The van der Waals surface area contributed by atoms with Gasteiger partial charge in [-0.3, -0.25) is 14.5 Å². The number of amidine groups is 1. The van der Waals surface area contributed by atoms with Gasteiger partial charge < -0.3 is 10.4 Å². The predicted octanol–water partition coefficient (Wildman–Crippen LogP) is 4.04. The zero-order valence-corrected chi connectivity index (χ0v) is 18.1. The second kappa shape index (κ2) is 10.4. The summed E-state index contributed by atoms with van der Waals surface area (Å²) in [5, 5.41) is 12.1. The Morgan fingerprint density at radius 3 is 2.63 bits per heavy atom. The number of para-hydroxylation sites is 1. The molecule has 0 spiro atoms. The van der Waals surface area contributed by atoms with Gasteiger partial charge in [-0.1, -0.05) is 47.7 Å². The molecule has 0 aliphatic carbocycles. The topological polar surface area (TPSA) is 82.0 Å². The number of hydrogen-bond donors (Lipinski definition) is 2. The van der Waals surface area contributed by atoms with E-state index in [1.165, 1.54) is 11.8 Å². The zero-order valence-electron chi connectivity index (χ0n) is 17.3. The number of carbonyl (C=O) groups is 2. The van der Waals surface area contributed by atoms with Gasteiger partial charge in [0.25, 0.3) is 0 Å². The lowest BCUT2D eigenvalue weighted by Gasteiger charge is -2.16. The Kier molecular flexibility index (Phi) is 7.65. The number of aliphatic imine (C=N–C) groups is 1. The maximum atomic E-state index is 13.0. The third-order valence-corrected chi connectivity index (χ3v) is 5.99. The van der Waals surface area contributed by atoms with Crippen LogP contribution >= 0.6 is 11.8 Å². The van der Waals surface area contributed by atoms with E-state index in [0.29, 0.717) is 24.6 Å². The molecule has 3 rings (SSSR count). The number of unbranched alkanes of at least 4 members (excludes halogenated alkanes) is 1. The van der Waals surface area contributed by atoms with Gasteiger partial charge in [-0.05, 0) is 50.5 Å². The van der Waals surface area contributed by atoms with E-state index in [4.69, 9.17) is 5.11 Å². The van der Waals surface area contributed by atoms with Crippen molar-refractivity contribution in [3.63, 3.8) is 0 Å². The van der Waals surface area contributed by atoms with Crippen LogP contribution in [0, 0.1) is 13.8 Å². The zero-order chi connectivity index (χ0) is 21.5. The summed E-state index contributed by atoms with van der Waals surface area (Å²) in [6.07, 6.45) is 1.38. The van der Waals surface area contributed by atoms with Crippen molar-refractivity contribution in [3.05, 3.63) is 59.7 Å². The summed E-state index contributed by atoms with van der Waals surface area (Å²) >= 11 is 1.33. The summed E-state index contributed by atoms with van der Waals surface area (Å²) < 4.78 is 0. The summed E-state index contributed by atoms with van der Waals surface area (Å²) in [5.74, 6) is -0.299. The first-order valence-corrected chi connectivity index (χ1v) is 11.0. The van der Waals surface area contributed by atoms with Crippen LogP contribution in [0.3, 0.4) is 0 Å². The molecule has 1 heterocycles. The number of benzene rings is 2. The van der Waals surface area contributed by atoms with E-state index < -0.39 is 5.25 Å². The van der Waals surface area contributed by atoms with Gasteiger partial charge in [-0.25, -0.2) is 4.99 Å². The maximum Gasteiger partial charge on any atom is 0.242 e. The summed E-state index contributed by atoms with van der Waals surface area (Å²) in [7, 11) is 0. The average Bonchev–Trinajstić information content (AvgIpc) is 3.00. The molecule has 1 atom stereocenters. The standard InChI is InChI=1S/C23H27N3O3S/c1-16-10-11-19(17(2)14-16)25-21(28)15-20-22(29)26(12-6-7-13-27)23(30-20)24-18-8-4-3-5-9-18/h3-5,8-11,14,20,27H,6-7,12-13,15H2,1-2H3,(H,25,28). The Labute approximate surface area is 181 Å². The van der Waals surface area contributed by atoms with Crippen molar-refractivity contribution in [1.82, 2.24) is 4.90 Å². The van der Waals surface area contributed by atoms with Crippen LogP contribution in [0.4, 0.5) is 11.4 Å². The average molecular weight is 426 g/mol. The fraction of sp³-hybridized carbons (Fsp3) is 0.348. The number of aliphatic hydroxyl groups is 1. The molecule has 0 saturated carbocycles. The van der Waals surface area contributed by atoms with E-state index in [9.17, 15) is 9.59 Å². The minimum absolute atomic E-state index is 0.0845. The largest absolute Gasteiger partial charge is 0.396 e. The molecule has 2 N–H and O–H groups in total. The fourth-order valence-electron chi connectivity index (χ4n) is 3.25. The smallest absolute Gasteiger partial charge is 0.242 e. The van der Waals surface area contributed by atoms with Crippen LogP contribution in [0.5, 0.6) is 0 Å². The molecule has 2 aromatic rings. The molecule has 6 nitrogen and oxygen atoms in total. The lowest BCUT2D eigenvalue weighted by Crippen LogP contribution is -2.34. The van der Waals surface area contributed by atoms with Crippen molar-refractivity contribution in [2.24, 2.45) is 4.99 Å². The number of aryl methyl sites for hydroxylation is 2. The molecule has 1 unspecified atom stereocenters. The molecule has 1 aliphatic rings. The highest BCUT2D eigenvalue weighted by Gasteiger charge is 2.38. The second-order valence-electron chi connectivity index (χ2n) is 7.33. The Morgan fingerprint density at radius 2 is 1.93 bits per heavy atom. The van der Waals surface area contributed by atoms with Crippen LogP contribution in [0.2, 0.25) is 0 Å². The third kappa shape index (κ3) is 5.70. The quantitative estimate of drug-likeness (QED) is 0.626. The van der Waals surface area contributed by atoms with Gasteiger partial charge in [0, 0.05) is 25.3 Å². The van der Waals surface area contributed by atoms with E-state index in [2.05, 4.69) is 10.3 Å². The molecule has 2 amide bonds. The molecule has 1 saturated heterocycles. The number of rotatable bonds is 8. The van der Waals surface area contributed by atoms with Gasteiger partial charge in [0.2, 0.25) is 11.8 Å². The number of carbonyl (C=O) groups excluding carboxylic acids is 2. The second-order valence-corrected chi connectivity index (χ2v) is 8.50. The van der Waals surface area contributed by atoms with E-state index in [1.807, 2.05) is 62.4 Å². The molecule has 0 bridgehead atoms. The van der Waals surface area contributed by atoms with E-state index in [1.54, 1.807) is 4.90 Å². The van der Waals surface area contributed by atoms with E-state index >= 15 is 0 Å². The molecule has 158 valence electrons. The van der Waals surface area contributed by atoms with Crippen LogP contribution < -0.4 is 5.32 Å². The Hall–Kier alpha value is -2.64. The minimum atomic E-state index is -0.507. The van der Waals surface area contributed by atoms with Crippen LogP contribution in [0.25, 0.3) is 0 Å². The number of hydrogen-bond acceptors (Lipinski definition) is 5. The normalized spacial score (nSPS) is 17.6. The van der Waals surface area contributed by atoms with Gasteiger partial charge >= 0.3 is 0 Å². The third-order valence-electron chi connectivity index (χ3n) is 4.82. The number of anilines is 1. The van der Waals surface area contributed by atoms with Gasteiger partial charge in [-0.2, -0.15) is 0 Å². The van der Waals surface area contributed by atoms with Crippen molar-refractivity contribution in [2.45, 2.75) is 38.4 Å². The first-order chi connectivity index (χ1) is 14.5. The monoisotopic (exact) mass is 425 g/mol. The molecule has 1 fully saturated rings. The molecule has 0 aromatic heterocycles. The lowest BCUT2D eigenvalue weighted by molar-refractivity contribution is -0.128. The van der Waals surface area contributed by atoms with Crippen LogP contribution in [-0.2, 0) is 9.59 Å². The molecule has 1 aliphatic heterocycles. The van der Waals surface area contributed by atoms with Crippen molar-refractivity contribution in [3.8, 4) is 0 Å². The molecular formula is C23H27N3O3S. The Balaban J connectivity index is 1.72. The molecular weight excluding hydrogens is 398 g/mol. The predicted molar refractivity (Wildman–Crippen MR) is 122 cm³/mol. The number of aliphatic hydroxyl groups excluding tert-OH is 1. The highest BCUT2D eigenvalue weighted by molar-refractivity contribution is 8.15. The van der Waals surface area contributed by atoms with E-state index in [0.717, 1.165) is 22.5 Å². The van der Waals surface area contributed by atoms with Crippen molar-refractivity contribution < 1.29 is 14.7 Å². The lowest BCUT2D eigenvalue weighted by atomic mass is 10.1. The van der Waals surface area contributed by atoms with Crippen LogP contribution in [0.15, 0.2) is 53.5 Å². The van der Waals surface area contributed by atoms with Crippen LogP contribution in [0.1, 0.15) is 30.4 Å². The number of thioether (sulfide) groups is 1. The number of amides is 2. The van der Waals surface area contributed by atoms with Crippen molar-refractivity contribution in [1.29, 1.82) is 0 Å². The SMILES string of the molecule is Cc1ccc(NC(=O)CC2SC(=Nc3ccccc3)N(CCCCO)C2=O)c(C)c1. The summed E-state index contributed by atoms with van der Waals surface area (Å²) in [6, 6.07) is 15.3. The van der Waals surface area contributed by atoms with Gasteiger partial charge in [0.15, 0.2) is 5.17 Å². The summed E-state index contributed by atoms with van der Waals surface area (Å²) in [6.45, 7) is 4.52. The van der Waals surface area contributed by atoms with Gasteiger partial charge in [0.1, 0.15) is 5.25 Å². The van der Waals surface area contributed by atoms with Crippen molar-refractivity contribution >= 4 is 40.1 Å². The summed E-state index contributed by atoms with van der Waals surface area (Å²) in [5.41, 5.74) is 3.65. The number of nitrogens with zero attached hydrogens (tertiary/aromatic N) is 2. The van der Waals surface area contributed by atoms with Gasteiger partial charge in [0.05, 0.1) is 5.69 Å². The molecule has 0 radical (unpaired) electrons.